The van der Waals surface area contributed by atoms with Crippen molar-refractivity contribution in [2.75, 3.05) is 0 Å². The van der Waals surface area contributed by atoms with Gasteiger partial charge in [0.2, 0.25) is 0 Å². The van der Waals surface area contributed by atoms with Crippen LogP contribution >= 0.6 is 0 Å². The first-order valence-corrected chi connectivity index (χ1v) is 6.92. The Morgan fingerprint density at radius 2 is 1.30 bits per heavy atom. The quantitative estimate of drug-likeness (QED) is 0.397. The molecule has 2 aromatic rings. The van der Waals surface area contributed by atoms with Crippen LogP contribution in [-0.4, -0.2) is 19.7 Å². The number of nitrogens with zero attached hydrogens (tertiary/aromatic N) is 6. The monoisotopic (exact) mass is 376 g/mol. The number of benzene rings is 2. The van der Waals surface area contributed by atoms with Gasteiger partial charge < -0.3 is 0 Å². The maximum absolute atomic E-state index is 11.2. The third-order valence-corrected chi connectivity index (χ3v) is 3.24. The standard InChI is InChI=1S/C13H8N6O8/c20-16(21)9-3-1-8(2-4-9)13(19(26)27)15-14-11-6-5-10(17(22)23)7-12(11)18(24)25/h1-7,13H. The minimum atomic E-state index is -1.78. The van der Waals surface area contributed by atoms with E-state index in [0.29, 0.717) is 6.07 Å². The Balaban J connectivity index is 2.40. The van der Waals surface area contributed by atoms with Crippen LogP contribution in [0.5, 0.6) is 0 Å². The van der Waals surface area contributed by atoms with E-state index in [4.69, 9.17) is 0 Å². The number of rotatable bonds is 7. The van der Waals surface area contributed by atoms with E-state index in [9.17, 15) is 40.5 Å². The number of hydrogen-bond acceptors (Lipinski definition) is 10. The second kappa shape index (κ2) is 7.68. The lowest BCUT2D eigenvalue weighted by Crippen LogP contribution is -2.07. The number of azo groups is 1. The molecule has 0 N–H and O–H groups in total. The largest absolute Gasteiger partial charge is 0.346 e. The summed E-state index contributed by atoms with van der Waals surface area (Å²) in [5, 5.41) is 50.4. The minimum Gasteiger partial charge on any atom is -0.262 e. The molecule has 0 aliphatic carbocycles. The fourth-order valence-electron chi connectivity index (χ4n) is 1.97. The SMILES string of the molecule is O=[N+]([O-])c1ccc(C(N=Nc2ccc([N+](=O)[O-])cc2[N+](=O)[O-])[N+](=O)[O-])cc1. The van der Waals surface area contributed by atoms with Crippen molar-refractivity contribution in [3.8, 4) is 0 Å². The van der Waals surface area contributed by atoms with Crippen LogP contribution in [0.4, 0.5) is 22.7 Å². The van der Waals surface area contributed by atoms with Crippen molar-refractivity contribution in [3.05, 3.63) is 88.5 Å². The van der Waals surface area contributed by atoms with E-state index in [0.717, 1.165) is 36.4 Å². The number of nitro benzene ring substituents is 3. The lowest BCUT2D eigenvalue weighted by atomic mass is 10.1. The molecule has 27 heavy (non-hydrogen) atoms. The van der Waals surface area contributed by atoms with Crippen molar-refractivity contribution >= 4 is 22.7 Å². The van der Waals surface area contributed by atoms with Gasteiger partial charge in [-0.1, -0.05) is 0 Å². The van der Waals surface area contributed by atoms with Gasteiger partial charge in [-0.25, -0.2) is 0 Å². The summed E-state index contributed by atoms with van der Waals surface area (Å²) in [6, 6.07) is 6.82. The third-order valence-electron chi connectivity index (χ3n) is 3.24. The van der Waals surface area contributed by atoms with Gasteiger partial charge in [0, 0.05) is 18.2 Å². The summed E-state index contributed by atoms with van der Waals surface area (Å²) >= 11 is 0. The molecule has 138 valence electrons. The molecule has 0 bridgehead atoms. The fraction of sp³-hybridized carbons (Fsp3) is 0.0769. The van der Waals surface area contributed by atoms with E-state index in [1.807, 2.05) is 0 Å². The van der Waals surface area contributed by atoms with Gasteiger partial charge in [-0.2, -0.15) is 0 Å². The van der Waals surface area contributed by atoms with Crippen molar-refractivity contribution in [2.24, 2.45) is 10.2 Å². The number of nitro groups is 4. The average molecular weight is 376 g/mol. The van der Waals surface area contributed by atoms with Crippen LogP contribution in [0.2, 0.25) is 0 Å². The predicted octanol–water partition coefficient (Wildman–Crippen LogP) is 3.47. The van der Waals surface area contributed by atoms with Crippen LogP contribution < -0.4 is 0 Å². The highest BCUT2D eigenvalue weighted by Crippen LogP contribution is 2.33. The van der Waals surface area contributed by atoms with Crippen LogP contribution in [0.15, 0.2) is 52.7 Å². The topological polar surface area (TPSA) is 197 Å². The van der Waals surface area contributed by atoms with E-state index in [1.54, 1.807) is 0 Å². The van der Waals surface area contributed by atoms with Crippen molar-refractivity contribution in [2.45, 2.75) is 6.17 Å². The highest BCUT2D eigenvalue weighted by Gasteiger charge is 2.25. The number of non-ortho nitro benzene ring substituents is 2. The molecule has 0 spiro atoms. The van der Waals surface area contributed by atoms with Crippen LogP contribution in [0, 0.1) is 40.5 Å². The molecule has 0 saturated carbocycles. The molecule has 2 rings (SSSR count). The van der Waals surface area contributed by atoms with E-state index in [2.05, 4.69) is 10.2 Å². The van der Waals surface area contributed by atoms with Gasteiger partial charge in [-0.15, -0.1) is 10.2 Å². The summed E-state index contributed by atoms with van der Waals surface area (Å²) in [6.07, 6.45) is -1.78. The molecule has 0 aliphatic heterocycles. The first-order chi connectivity index (χ1) is 12.7. The molecule has 0 fully saturated rings. The molecule has 2 aromatic carbocycles. The molecule has 0 amide bonds. The zero-order valence-electron chi connectivity index (χ0n) is 13.1. The summed E-state index contributed by atoms with van der Waals surface area (Å²) in [4.78, 5) is 40.2. The van der Waals surface area contributed by atoms with Crippen LogP contribution in [0.1, 0.15) is 11.7 Å². The highest BCUT2D eigenvalue weighted by molar-refractivity contribution is 5.61. The maximum atomic E-state index is 11.2. The average Bonchev–Trinajstić information content (AvgIpc) is 2.61. The van der Waals surface area contributed by atoms with E-state index >= 15 is 0 Å². The molecule has 1 unspecified atom stereocenters. The molecule has 0 radical (unpaired) electrons. The molecule has 14 nitrogen and oxygen atoms in total. The highest BCUT2D eigenvalue weighted by atomic mass is 16.6. The van der Waals surface area contributed by atoms with Gasteiger partial charge in [0.05, 0.1) is 31.3 Å². The summed E-state index contributed by atoms with van der Waals surface area (Å²) in [5.74, 6) is 0. The second-order valence-electron chi connectivity index (χ2n) is 4.91. The van der Waals surface area contributed by atoms with E-state index in [1.165, 1.54) is 0 Å². The summed E-state index contributed by atoms with van der Waals surface area (Å²) in [6.45, 7) is 0. The molecular formula is C13H8N6O8. The summed E-state index contributed by atoms with van der Waals surface area (Å²) < 4.78 is 0. The van der Waals surface area contributed by atoms with Gasteiger partial charge >= 0.3 is 11.9 Å². The normalized spacial score (nSPS) is 11.9. The zero-order valence-corrected chi connectivity index (χ0v) is 13.1. The van der Waals surface area contributed by atoms with Crippen molar-refractivity contribution in [1.29, 1.82) is 0 Å². The van der Waals surface area contributed by atoms with Gasteiger partial charge in [0.1, 0.15) is 0 Å². The van der Waals surface area contributed by atoms with Crippen LogP contribution in [0.25, 0.3) is 0 Å². The Morgan fingerprint density at radius 1 is 0.741 bits per heavy atom. The van der Waals surface area contributed by atoms with Gasteiger partial charge in [-0.3, -0.25) is 40.5 Å². The molecular weight excluding hydrogens is 368 g/mol. The fourth-order valence-corrected chi connectivity index (χ4v) is 1.97. The molecule has 0 aromatic heterocycles. The minimum absolute atomic E-state index is 0.0427. The summed E-state index contributed by atoms with van der Waals surface area (Å²) in [5.41, 5.74) is -2.05. The predicted molar refractivity (Wildman–Crippen MR) is 87.1 cm³/mol. The Kier molecular flexibility index (Phi) is 5.40. The maximum Gasteiger partial charge on any atom is 0.346 e. The zero-order chi connectivity index (χ0) is 20.1. The number of hydrogen-bond donors (Lipinski definition) is 0. The molecule has 0 saturated heterocycles. The van der Waals surface area contributed by atoms with Gasteiger partial charge in [-0.05, 0) is 18.2 Å². The first-order valence-electron chi connectivity index (χ1n) is 6.92. The van der Waals surface area contributed by atoms with Crippen molar-refractivity contribution < 1.29 is 19.7 Å². The van der Waals surface area contributed by atoms with Crippen molar-refractivity contribution in [1.82, 2.24) is 0 Å². The summed E-state index contributed by atoms with van der Waals surface area (Å²) in [7, 11) is 0. The Bertz CT molecular complexity index is 958. The lowest BCUT2D eigenvalue weighted by Gasteiger charge is -2.03. The smallest absolute Gasteiger partial charge is 0.262 e. The molecule has 14 heteroatoms. The molecule has 1 atom stereocenters. The Labute approximate surface area is 148 Å². The Hall–Kier alpha value is -4.36. The Morgan fingerprint density at radius 3 is 1.78 bits per heavy atom. The third kappa shape index (κ3) is 4.38. The molecule has 0 heterocycles. The lowest BCUT2D eigenvalue weighted by molar-refractivity contribution is -0.528. The van der Waals surface area contributed by atoms with Gasteiger partial charge in [0.15, 0.2) is 5.69 Å². The second-order valence-corrected chi connectivity index (χ2v) is 4.91. The van der Waals surface area contributed by atoms with Crippen molar-refractivity contribution in [3.63, 3.8) is 0 Å². The van der Waals surface area contributed by atoms with E-state index < -0.39 is 42.9 Å². The van der Waals surface area contributed by atoms with E-state index in [-0.39, 0.29) is 11.3 Å². The van der Waals surface area contributed by atoms with Gasteiger partial charge in [0.25, 0.3) is 11.4 Å². The van der Waals surface area contributed by atoms with Crippen LogP contribution in [-0.2, 0) is 0 Å². The first kappa shape index (κ1) is 19.0. The molecule has 0 aliphatic rings. The van der Waals surface area contributed by atoms with Crippen LogP contribution in [0.3, 0.4) is 0 Å².